The van der Waals surface area contributed by atoms with Gasteiger partial charge in [0.1, 0.15) is 0 Å². The lowest BCUT2D eigenvalue weighted by Crippen LogP contribution is -2.23. The molecular formula is C18H18N6O4S. The summed E-state index contributed by atoms with van der Waals surface area (Å²) in [6.45, 7) is 12.9. The van der Waals surface area contributed by atoms with Gasteiger partial charge in [-0.25, -0.2) is 10.8 Å². The van der Waals surface area contributed by atoms with E-state index in [1.54, 1.807) is 12.1 Å². The van der Waals surface area contributed by atoms with Crippen molar-refractivity contribution in [3.8, 4) is 0 Å². The molecule has 2 aromatic rings. The SMILES string of the molecule is [C-]#[N+]Sc1cc(N=Nc2ccc(N(CC)CCC)cc2)c([N+](=O)[O-])cc1[N+](=O)[O-]. The molecule has 0 unspecified atom stereocenters. The molecule has 10 nitrogen and oxygen atoms in total. The molecule has 0 fully saturated rings. The van der Waals surface area contributed by atoms with E-state index in [-0.39, 0.29) is 10.6 Å². The number of nitro benzene ring substituents is 2. The summed E-state index contributed by atoms with van der Waals surface area (Å²) >= 11 is 0.519. The molecule has 0 N–H and O–H groups in total. The van der Waals surface area contributed by atoms with Crippen LogP contribution in [-0.2, 0) is 0 Å². The van der Waals surface area contributed by atoms with Crippen molar-refractivity contribution in [1.82, 2.24) is 0 Å². The minimum atomic E-state index is -0.768. The number of hydrogen-bond acceptors (Lipinski definition) is 8. The molecule has 0 saturated carbocycles. The lowest BCUT2D eigenvalue weighted by molar-refractivity contribution is -0.395. The summed E-state index contributed by atoms with van der Waals surface area (Å²) in [6, 6.07) is 9.19. The van der Waals surface area contributed by atoms with Crippen molar-refractivity contribution >= 4 is 40.4 Å². The molecule has 0 aliphatic rings. The number of rotatable bonds is 9. The second kappa shape index (κ2) is 10.1. The van der Waals surface area contributed by atoms with Gasteiger partial charge < -0.3 is 4.90 Å². The monoisotopic (exact) mass is 414 g/mol. The number of nitrogens with zero attached hydrogens (tertiary/aromatic N) is 6. The molecule has 2 aromatic carbocycles. The molecule has 150 valence electrons. The van der Waals surface area contributed by atoms with Gasteiger partial charge in [-0.2, -0.15) is 5.11 Å². The number of anilines is 1. The van der Waals surface area contributed by atoms with Gasteiger partial charge in [0.2, 0.25) is 0 Å². The van der Waals surface area contributed by atoms with Crippen molar-refractivity contribution in [2.24, 2.45) is 10.2 Å². The molecule has 0 aromatic heterocycles. The van der Waals surface area contributed by atoms with Gasteiger partial charge in [-0.3, -0.25) is 20.2 Å². The second-order valence-electron chi connectivity index (χ2n) is 5.80. The van der Waals surface area contributed by atoms with Crippen LogP contribution in [0.15, 0.2) is 51.5 Å². The summed E-state index contributed by atoms with van der Waals surface area (Å²) in [4.78, 5) is 23.1. The maximum Gasteiger partial charge on any atom is 0.303 e. The lowest BCUT2D eigenvalue weighted by Gasteiger charge is -2.22. The zero-order chi connectivity index (χ0) is 21.4. The van der Waals surface area contributed by atoms with E-state index in [1.165, 1.54) is 0 Å². The van der Waals surface area contributed by atoms with Gasteiger partial charge >= 0.3 is 17.6 Å². The largest absolute Gasteiger partial charge is 0.372 e. The molecule has 0 spiro atoms. The van der Waals surface area contributed by atoms with Crippen LogP contribution >= 0.6 is 11.9 Å². The summed E-state index contributed by atoms with van der Waals surface area (Å²) in [7, 11) is 0. The molecule has 11 heteroatoms. The van der Waals surface area contributed by atoms with E-state index in [0.717, 1.165) is 37.3 Å². The molecule has 0 saturated heterocycles. The van der Waals surface area contributed by atoms with Crippen molar-refractivity contribution in [2.45, 2.75) is 25.2 Å². The highest BCUT2D eigenvalue weighted by Gasteiger charge is 2.27. The average molecular weight is 414 g/mol. The second-order valence-corrected chi connectivity index (χ2v) is 6.61. The van der Waals surface area contributed by atoms with Crippen molar-refractivity contribution < 1.29 is 9.85 Å². The topological polar surface area (TPSA) is 119 Å². The quantitative estimate of drug-likeness (QED) is 0.161. The van der Waals surface area contributed by atoms with Crippen molar-refractivity contribution in [3.63, 3.8) is 0 Å². The molecule has 29 heavy (non-hydrogen) atoms. The molecule has 0 amide bonds. The summed E-state index contributed by atoms with van der Waals surface area (Å²) < 4.78 is 3.05. The number of hydrogen-bond donors (Lipinski definition) is 0. The van der Waals surface area contributed by atoms with Gasteiger partial charge in [-0.15, -0.1) is 5.11 Å². The third-order valence-electron chi connectivity index (χ3n) is 3.96. The van der Waals surface area contributed by atoms with Gasteiger partial charge in [0, 0.05) is 24.8 Å². The van der Waals surface area contributed by atoms with E-state index in [2.05, 4.69) is 33.2 Å². The van der Waals surface area contributed by atoms with Gasteiger partial charge in [0.05, 0.1) is 21.6 Å². The van der Waals surface area contributed by atoms with E-state index >= 15 is 0 Å². The van der Waals surface area contributed by atoms with E-state index in [0.29, 0.717) is 17.6 Å². The van der Waals surface area contributed by atoms with Crippen LogP contribution in [0.1, 0.15) is 20.3 Å². The third kappa shape index (κ3) is 5.49. The fourth-order valence-electron chi connectivity index (χ4n) is 2.62. The highest BCUT2D eigenvalue weighted by atomic mass is 32.2. The number of nitro groups is 2. The van der Waals surface area contributed by atoms with E-state index in [9.17, 15) is 20.2 Å². The molecule has 0 heterocycles. The first kappa shape index (κ1) is 21.8. The Morgan fingerprint density at radius 2 is 1.72 bits per heavy atom. The first-order chi connectivity index (χ1) is 13.9. The first-order valence-corrected chi connectivity index (χ1v) is 9.45. The summed E-state index contributed by atoms with van der Waals surface area (Å²) in [5.41, 5.74) is 0.291. The third-order valence-corrected chi connectivity index (χ3v) is 4.57. The van der Waals surface area contributed by atoms with Crippen LogP contribution in [0.2, 0.25) is 0 Å². The Bertz CT molecular complexity index is 972. The summed E-state index contributed by atoms with van der Waals surface area (Å²) in [5.74, 6) is 0. The van der Waals surface area contributed by atoms with Gasteiger partial charge in [-0.05, 0) is 37.6 Å². The molecule has 2 rings (SSSR count). The van der Waals surface area contributed by atoms with Gasteiger partial charge in [-0.1, -0.05) is 6.92 Å². The van der Waals surface area contributed by atoms with Gasteiger partial charge in [0.15, 0.2) is 10.6 Å². The number of benzene rings is 2. The van der Waals surface area contributed by atoms with Crippen LogP contribution in [0.25, 0.3) is 4.25 Å². The Labute approximate surface area is 171 Å². The van der Waals surface area contributed by atoms with Crippen LogP contribution in [-0.4, -0.2) is 22.9 Å². The Morgan fingerprint density at radius 1 is 1.07 bits per heavy atom. The van der Waals surface area contributed by atoms with E-state index in [1.807, 2.05) is 12.1 Å². The Balaban J connectivity index is 2.38. The predicted octanol–water partition coefficient (Wildman–Crippen LogP) is 6.08. The Morgan fingerprint density at radius 3 is 2.24 bits per heavy atom. The normalized spacial score (nSPS) is 10.7. The van der Waals surface area contributed by atoms with E-state index in [4.69, 9.17) is 6.57 Å². The predicted molar refractivity (Wildman–Crippen MR) is 111 cm³/mol. The summed E-state index contributed by atoms with van der Waals surface area (Å²) in [5, 5.41) is 30.3. The van der Waals surface area contributed by atoms with Crippen LogP contribution < -0.4 is 4.90 Å². The average Bonchev–Trinajstić information content (AvgIpc) is 2.70. The minimum absolute atomic E-state index is 0.0296. The van der Waals surface area contributed by atoms with E-state index < -0.39 is 21.2 Å². The van der Waals surface area contributed by atoms with Crippen molar-refractivity contribution in [3.05, 3.63) is 67.4 Å². The molecule has 0 aliphatic heterocycles. The summed E-state index contributed by atoms with van der Waals surface area (Å²) in [6.07, 6.45) is 1.02. The fraction of sp³-hybridized carbons (Fsp3) is 0.278. The smallest absolute Gasteiger partial charge is 0.303 e. The standard InChI is InChI=1S/C18H18N6O4S/c1-4-10-22(5-2)14-8-6-13(7-9-14)20-21-15-11-18(29-19-3)17(24(27)28)12-16(15)23(25)26/h6-9,11-12H,4-5,10H2,1-2H3. The van der Waals surface area contributed by atoms with Crippen LogP contribution in [0.5, 0.6) is 0 Å². The number of azo groups is 1. The molecule has 0 radical (unpaired) electrons. The van der Waals surface area contributed by atoms with Crippen molar-refractivity contribution in [2.75, 3.05) is 18.0 Å². The van der Waals surface area contributed by atoms with Gasteiger partial charge in [0.25, 0.3) is 5.69 Å². The van der Waals surface area contributed by atoms with Crippen molar-refractivity contribution in [1.29, 1.82) is 0 Å². The highest BCUT2D eigenvalue weighted by molar-refractivity contribution is 8.01. The molecule has 0 aliphatic carbocycles. The Hall–Kier alpha value is -3.52. The minimum Gasteiger partial charge on any atom is -0.372 e. The lowest BCUT2D eigenvalue weighted by atomic mass is 10.2. The maximum absolute atomic E-state index is 11.3. The van der Waals surface area contributed by atoms with Crippen LogP contribution in [0, 0.1) is 26.8 Å². The van der Waals surface area contributed by atoms with Crippen LogP contribution in [0.3, 0.4) is 0 Å². The maximum atomic E-state index is 11.3. The zero-order valence-electron chi connectivity index (χ0n) is 15.8. The highest BCUT2D eigenvalue weighted by Crippen LogP contribution is 2.40. The molecule has 0 bridgehead atoms. The first-order valence-electron chi connectivity index (χ1n) is 8.68. The molecular weight excluding hydrogens is 396 g/mol. The van der Waals surface area contributed by atoms with Crippen LogP contribution in [0.4, 0.5) is 28.4 Å². The fourth-order valence-corrected chi connectivity index (χ4v) is 3.11. The zero-order valence-corrected chi connectivity index (χ0v) is 16.6. The molecule has 0 atom stereocenters. The Kier molecular flexibility index (Phi) is 7.62.